The van der Waals surface area contributed by atoms with E-state index in [9.17, 15) is 4.79 Å². The van der Waals surface area contributed by atoms with Gasteiger partial charge in [0.25, 0.3) is 0 Å². The minimum atomic E-state index is -0.0460. The second-order valence-electron chi connectivity index (χ2n) is 7.82. The zero-order chi connectivity index (χ0) is 22.3. The van der Waals surface area contributed by atoms with Gasteiger partial charge in [-0.3, -0.25) is 9.69 Å². The highest BCUT2D eigenvalue weighted by Gasteiger charge is 2.26. The predicted octanol–water partition coefficient (Wildman–Crippen LogP) is 4.28. The lowest BCUT2D eigenvalue weighted by atomic mass is 10.0. The van der Waals surface area contributed by atoms with Gasteiger partial charge in [-0.25, -0.2) is 0 Å². The number of hydrogen-bond acceptors (Lipinski definition) is 6. The number of benzene rings is 2. The molecule has 0 saturated carbocycles. The van der Waals surface area contributed by atoms with Crippen LogP contribution in [0.1, 0.15) is 36.8 Å². The molecule has 1 aromatic heterocycles. The molecule has 2 heterocycles. The van der Waals surface area contributed by atoms with Crippen LogP contribution in [0.25, 0.3) is 11.4 Å². The third-order valence-corrected chi connectivity index (χ3v) is 5.96. The minimum absolute atomic E-state index is 0.0460. The van der Waals surface area contributed by atoms with Crippen LogP contribution in [0, 0.1) is 0 Å². The lowest BCUT2D eigenvalue weighted by molar-refractivity contribution is -0.121. The van der Waals surface area contributed by atoms with Crippen LogP contribution in [-0.2, 0) is 11.2 Å². The third kappa shape index (κ3) is 5.47. The largest absolute Gasteiger partial charge is 0.496 e. The Labute approximate surface area is 192 Å². The first-order valence-corrected chi connectivity index (χ1v) is 11.2. The van der Waals surface area contributed by atoms with Gasteiger partial charge >= 0.3 is 0 Å². The second-order valence-corrected chi connectivity index (χ2v) is 8.26. The summed E-state index contributed by atoms with van der Waals surface area (Å²) in [4.78, 5) is 19.4. The van der Waals surface area contributed by atoms with E-state index in [0.717, 1.165) is 30.0 Å². The molecule has 1 aliphatic heterocycles. The van der Waals surface area contributed by atoms with Crippen molar-refractivity contribution < 1.29 is 14.1 Å². The number of aromatic nitrogens is 2. The van der Waals surface area contributed by atoms with Crippen LogP contribution < -0.4 is 10.1 Å². The summed E-state index contributed by atoms with van der Waals surface area (Å²) in [6.45, 7) is 2.57. The Hall–Kier alpha value is -2.90. The predicted molar refractivity (Wildman–Crippen MR) is 123 cm³/mol. The molecule has 2 aromatic carbocycles. The van der Waals surface area contributed by atoms with Gasteiger partial charge in [-0.15, -0.1) is 0 Å². The number of halogens is 1. The number of hydrogen-bond donors (Lipinski definition) is 1. The fraction of sp³-hybridized carbons (Fsp3) is 0.375. The van der Waals surface area contributed by atoms with E-state index in [0.29, 0.717) is 29.7 Å². The van der Waals surface area contributed by atoms with Crippen molar-refractivity contribution >= 4 is 17.5 Å². The molecule has 1 fully saturated rings. The van der Waals surface area contributed by atoms with Crippen molar-refractivity contribution in [3.8, 4) is 17.1 Å². The average Bonchev–Trinajstić information content (AvgIpc) is 3.51. The molecule has 32 heavy (non-hydrogen) atoms. The molecule has 1 unspecified atom stereocenters. The monoisotopic (exact) mass is 454 g/mol. The smallest absolute Gasteiger partial charge is 0.227 e. The van der Waals surface area contributed by atoms with Gasteiger partial charge in [0.05, 0.1) is 13.2 Å². The number of nitrogens with zero attached hydrogens (tertiary/aromatic N) is 3. The number of aryl methyl sites for hydroxylation is 1. The molecule has 1 atom stereocenters. The van der Waals surface area contributed by atoms with E-state index in [1.54, 1.807) is 19.2 Å². The van der Waals surface area contributed by atoms with Crippen molar-refractivity contribution in [2.45, 2.75) is 31.7 Å². The summed E-state index contributed by atoms with van der Waals surface area (Å²) in [6, 6.07) is 15.3. The average molecular weight is 455 g/mol. The van der Waals surface area contributed by atoms with Gasteiger partial charge in [-0.05, 0) is 56.3 Å². The molecule has 0 spiro atoms. The van der Waals surface area contributed by atoms with E-state index in [1.807, 2.05) is 30.3 Å². The van der Waals surface area contributed by atoms with Gasteiger partial charge in [0, 0.05) is 35.5 Å². The minimum Gasteiger partial charge on any atom is -0.496 e. The standard InChI is InChI=1S/C24H27ClN4O3/c1-31-21-7-3-2-6-19(21)20(29-14-4-5-15-29)16-26-22(30)12-13-23-27-24(28-32-23)17-8-10-18(25)11-9-17/h2-3,6-11,20H,4-5,12-16H2,1H3,(H,26,30). The lowest BCUT2D eigenvalue weighted by Crippen LogP contribution is -2.37. The van der Waals surface area contributed by atoms with Gasteiger partial charge in [-0.1, -0.05) is 35.0 Å². The van der Waals surface area contributed by atoms with Crippen molar-refractivity contribution in [2.75, 3.05) is 26.7 Å². The molecule has 0 radical (unpaired) electrons. The van der Waals surface area contributed by atoms with Crippen molar-refractivity contribution in [2.24, 2.45) is 0 Å². The summed E-state index contributed by atoms with van der Waals surface area (Å²) < 4.78 is 10.9. The number of amides is 1. The second kappa shape index (κ2) is 10.6. The van der Waals surface area contributed by atoms with Crippen LogP contribution in [0.3, 0.4) is 0 Å². The molecule has 7 nitrogen and oxygen atoms in total. The Kier molecular flexibility index (Phi) is 7.39. The van der Waals surface area contributed by atoms with Crippen molar-refractivity contribution in [3.63, 3.8) is 0 Å². The fourth-order valence-corrected chi connectivity index (χ4v) is 4.15. The number of ether oxygens (including phenoxy) is 1. The number of methoxy groups -OCH3 is 1. The van der Waals surface area contributed by atoms with Crippen LogP contribution in [0.5, 0.6) is 5.75 Å². The first-order chi connectivity index (χ1) is 15.6. The SMILES string of the molecule is COc1ccccc1C(CNC(=O)CCc1nc(-c2ccc(Cl)cc2)no1)N1CCCC1. The van der Waals surface area contributed by atoms with Crippen LogP contribution in [0.2, 0.25) is 5.02 Å². The van der Waals surface area contributed by atoms with Gasteiger partial charge in [-0.2, -0.15) is 4.98 Å². The highest BCUT2D eigenvalue weighted by molar-refractivity contribution is 6.30. The van der Waals surface area contributed by atoms with E-state index in [-0.39, 0.29) is 18.4 Å². The molecular weight excluding hydrogens is 428 g/mol. The van der Waals surface area contributed by atoms with Crippen molar-refractivity contribution in [1.29, 1.82) is 0 Å². The maximum atomic E-state index is 12.6. The van der Waals surface area contributed by atoms with Crippen LogP contribution in [0.4, 0.5) is 0 Å². The van der Waals surface area contributed by atoms with E-state index >= 15 is 0 Å². The topological polar surface area (TPSA) is 80.5 Å². The summed E-state index contributed by atoms with van der Waals surface area (Å²) in [5, 5.41) is 7.73. The number of para-hydroxylation sites is 1. The maximum absolute atomic E-state index is 12.6. The molecule has 4 rings (SSSR count). The molecule has 8 heteroatoms. The quantitative estimate of drug-likeness (QED) is 0.519. The van der Waals surface area contributed by atoms with Gasteiger partial charge in [0.2, 0.25) is 17.6 Å². The molecule has 1 saturated heterocycles. The molecule has 1 N–H and O–H groups in total. The van der Waals surface area contributed by atoms with E-state index in [1.165, 1.54) is 12.8 Å². The number of likely N-dealkylation sites (tertiary alicyclic amines) is 1. The molecule has 0 bridgehead atoms. The zero-order valence-electron chi connectivity index (χ0n) is 18.1. The van der Waals surface area contributed by atoms with Crippen molar-refractivity contribution in [3.05, 3.63) is 65.0 Å². The molecule has 3 aromatic rings. The summed E-state index contributed by atoms with van der Waals surface area (Å²) in [7, 11) is 1.68. The zero-order valence-corrected chi connectivity index (χ0v) is 18.8. The Morgan fingerprint density at radius 3 is 2.69 bits per heavy atom. The van der Waals surface area contributed by atoms with Crippen LogP contribution >= 0.6 is 11.6 Å². The number of carbonyl (C=O) groups is 1. The molecular formula is C24H27ClN4O3. The van der Waals surface area contributed by atoms with Crippen molar-refractivity contribution in [1.82, 2.24) is 20.4 Å². The first kappa shape index (κ1) is 22.3. The lowest BCUT2D eigenvalue weighted by Gasteiger charge is -2.29. The van der Waals surface area contributed by atoms with Gasteiger partial charge in [0.15, 0.2) is 0 Å². The van der Waals surface area contributed by atoms with Crippen LogP contribution in [0.15, 0.2) is 53.1 Å². The Balaban J connectivity index is 1.34. The third-order valence-electron chi connectivity index (χ3n) is 5.71. The number of rotatable bonds is 9. The summed E-state index contributed by atoms with van der Waals surface area (Å²) in [6.07, 6.45) is 3.01. The van der Waals surface area contributed by atoms with E-state index in [4.69, 9.17) is 20.9 Å². The van der Waals surface area contributed by atoms with Gasteiger partial charge < -0.3 is 14.6 Å². The fourth-order valence-electron chi connectivity index (χ4n) is 4.02. The molecule has 1 aliphatic rings. The molecule has 0 aliphatic carbocycles. The number of carbonyl (C=O) groups excluding carboxylic acids is 1. The Morgan fingerprint density at radius 2 is 1.94 bits per heavy atom. The molecule has 1 amide bonds. The van der Waals surface area contributed by atoms with Crippen LogP contribution in [-0.4, -0.2) is 47.7 Å². The Bertz CT molecular complexity index is 1030. The first-order valence-electron chi connectivity index (χ1n) is 10.9. The van der Waals surface area contributed by atoms with Gasteiger partial charge in [0.1, 0.15) is 5.75 Å². The normalized spacial score (nSPS) is 14.9. The summed E-state index contributed by atoms with van der Waals surface area (Å²) >= 11 is 5.92. The summed E-state index contributed by atoms with van der Waals surface area (Å²) in [5.41, 5.74) is 1.92. The molecule has 168 valence electrons. The maximum Gasteiger partial charge on any atom is 0.227 e. The summed E-state index contributed by atoms with van der Waals surface area (Å²) in [5.74, 6) is 1.72. The Morgan fingerprint density at radius 1 is 1.19 bits per heavy atom. The highest BCUT2D eigenvalue weighted by atomic mass is 35.5. The highest BCUT2D eigenvalue weighted by Crippen LogP contribution is 2.31. The van der Waals surface area contributed by atoms with E-state index < -0.39 is 0 Å². The number of nitrogens with one attached hydrogen (secondary N) is 1. The van der Waals surface area contributed by atoms with E-state index in [2.05, 4.69) is 26.4 Å².